The third-order valence-electron chi connectivity index (χ3n) is 5.00. The number of hydrogen-bond donors (Lipinski definition) is 0. The van der Waals surface area contributed by atoms with Crippen molar-refractivity contribution < 1.29 is 32.2 Å². The van der Waals surface area contributed by atoms with Crippen molar-refractivity contribution in [2.45, 2.75) is 11.8 Å². The fourth-order valence-electron chi connectivity index (χ4n) is 3.29. The summed E-state index contributed by atoms with van der Waals surface area (Å²) in [6.07, 6.45) is 0. The molecule has 0 unspecified atom stereocenters. The van der Waals surface area contributed by atoms with Crippen molar-refractivity contribution in [3.8, 4) is 11.5 Å². The molecule has 2 aromatic rings. The molecule has 0 bridgehead atoms. The Bertz CT molecular complexity index is 1050. The van der Waals surface area contributed by atoms with Gasteiger partial charge in [0, 0.05) is 26.2 Å². The molecular formula is C22H26N2O7S. The van der Waals surface area contributed by atoms with E-state index in [9.17, 15) is 18.0 Å². The van der Waals surface area contributed by atoms with E-state index in [0.717, 1.165) is 0 Å². The maximum atomic E-state index is 12.7. The number of carbonyl (C=O) groups is 2. The van der Waals surface area contributed by atoms with Gasteiger partial charge in [0.2, 0.25) is 10.0 Å². The van der Waals surface area contributed by atoms with Gasteiger partial charge in [-0.05, 0) is 37.3 Å². The lowest BCUT2D eigenvalue weighted by molar-refractivity contribution is -0.135. The van der Waals surface area contributed by atoms with Gasteiger partial charge in [0.1, 0.15) is 0 Å². The zero-order valence-electron chi connectivity index (χ0n) is 18.0. The van der Waals surface area contributed by atoms with Crippen LogP contribution in [-0.2, 0) is 19.6 Å². The summed E-state index contributed by atoms with van der Waals surface area (Å²) >= 11 is 0. The SMILES string of the molecule is CCOc1cc(C(=O)OCC(=O)N2CCN(S(=O)(=O)c3ccccc3)CC2)ccc1OC. The van der Waals surface area contributed by atoms with Crippen molar-refractivity contribution in [3.05, 3.63) is 54.1 Å². The third kappa shape index (κ3) is 5.38. The van der Waals surface area contributed by atoms with Crippen LogP contribution in [0.2, 0.25) is 0 Å². The van der Waals surface area contributed by atoms with E-state index in [4.69, 9.17) is 14.2 Å². The number of sulfonamides is 1. The van der Waals surface area contributed by atoms with Gasteiger partial charge < -0.3 is 19.1 Å². The van der Waals surface area contributed by atoms with Gasteiger partial charge in [0.15, 0.2) is 18.1 Å². The monoisotopic (exact) mass is 462 g/mol. The number of carbonyl (C=O) groups excluding carboxylic acids is 2. The summed E-state index contributed by atoms with van der Waals surface area (Å²) in [7, 11) is -2.10. The first-order chi connectivity index (χ1) is 15.4. The van der Waals surface area contributed by atoms with E-state index in [-0.39, 0.29) is 42.5 Å². The van der Waals surface area contributed by atoms with E-state index in [0.29, 0.717) is 18.1 Å². The maximum Gasteiger partial charge on any atom is 0.338 e. The number of ether oxygens (including phenoxy) is 3. The van der Waals surface area contributed by atoms with Crippen molar-refractivity contribution >= 4 is 21.9 Å². The number of nitrogens with zero attached hydrogens (tertiary/aromatic N) is 2. The quantitative estimate of drug-likeness (QED) is 0.551. The lowest BCUT2D eigenvalue weighted by Gasteiger charge is -2.33. The summed E-state index contributed by atoms with van der Waals surface area (Å²) in [5.41, 5.74) is 0.237. The Morgan fingerprint density at radius 2 is 1.66 bits per heavy atom. The molecular weight excluding hydrogens is 436 g/mol. The highest BCUT2D eigenvalue weighted by molar-refractivity contribution is 7.89. The Labute approximate surface area is 187 Å². The largest absolute Gasteiger partial charge is 0.493 e. The zero-order valence-corrected chi connectivity index (χ0v) is 18.8. The van der Waals surface area contributed by atoms with E-state index in [1.165, 1.54) is 28.4 Å². The molecule has 0 N–H and O–H groups in total. The lowest BCUT2D eigenvalue weighted by atomic mass is 10.2. The Balaban J connectivity index is 1.53. The lowest BCUT2D eigenvalue weighted by Crippen LogP contribution is -2.51. The molecule has 2 aromatic carbocycles. The first kappa shape index (κ1) is 23.6. The van der Waals surface area contributed by atoms with Crippen molar-refractivity contribution in [2.75, 3.05) is 46.5 Å². The molecule has 10 heteroatoms. The molecule has 3 rings (SSSR count). The van der Waals surface area contributed by atoms with E-state index in [2.05, 4.69) is 0 Å². The molecule has 1 fully saturated rings. The molecule has 0 aromatic heterocycles. The molecule has 0 saturated carbocycles. The number of piperazine rings is 1. The number of esters is 1. The fraction of sp³-hybridized carbons (Fsp3) is 0.364. The van der Waals surface area contributed by atoms with Crippen LogP contribution in [0.1, 0.15) is 17.3 Å². The van der Waals surface area contributed by atoms with Gasteiger partial charge in [0.25, 0.3) is 5.91 Å². The average Bonchev–Trinajstić information content (AvgIpc) is 2.83. The van der Waals surface area contributed by atoms with Crippen molar-refractivity contribution in [1.82, 2.24) is 9.21 Å². The molecule has 0 atom stereocenters. The molecule has 0 spiro atoms. The van der Waals surface area contributed by atoms with Crippen LogP contribution in [0, 0.1) is 0 Å². The van der Waals surface area contributed by atoms with Crippen molar-refractivity contribution in [3.63, 3.8) is 0 Å². The number of amides is 1. The highest BCUT2D eigenvalue weighted by Crippen LogP contribution is 2.28. The predicted octanol–water partition coefficient (Wildman–Crippen LogP) is 1.78. The number of hydrogen-bond acceptors (Lipinski definition) is 7. The minimum absolute atomic E-state index is 0.174. The highest BCUT2D eigenvalue weighted by Gasteiger charge is 2.30. The summed E-state index contributed by atoms with van der Waals surface area (Å²) in [6.45, 7) is 2.58. The van der Waals surface area contributed by atoms with E-state index >= 15 is 0 Å². The smallest absolute Gasteiger partial charge is 0.338 e. The standard InChI is InChI=1S/C22H26N2O7S/c1-3-30-20-15-17(9-10-19(20)29-2)22(26)31-16-21(25)23-11-13-24(14-12-23)32(27,28)18-7-5-4-6-8-18/h4-10,15H,3,11-14,16H2,1-2H3. The van der Waals surface area contributed by atoms with Crippen LogP contribution >= 0.6 is 0 Å². The maximum absolute atomic E-state index is 12.7. The van der Waals surface area contributed by atoms with Crippen LogP contribution < -0.4 is 9.47 Å². The van der Waals surface area contributed by atoms with E-state index in [1.807, 2.05) is 6.92 Å². The zero-order chi connectivity index (χ0) is 23.1. The second-order valence-electron chi connectivity index (χ2n) is 6.97. The normalized spacial score (nSPS) is 14.6. The number of methoxy groups -OCH3 is 1. The van der Waals surface area contributed by atoms with Gasteiger partial charge in [0.05, 0.1) is 24.2 Å². The molecule has 1 aliphatic heterocycles. The second-order valence-corrected chi connectivity index (χ2v) is 8.91. The van der Waals surface area contributed by atoms with Crippen LogP contribution in [0.3, 0.4) is 0 Å². The van der Waals surface area contributed by atoms with Crippen molar-refractivity contribution in [2.24, 2.45) is 0 Å². The number of benzene rings is 2. The topological polar surface area (TPSA) is 102 Å². The molecule has 1 heterocycles. The van der Waals surface area contributed by atoms with Crippen LogP contribution in [-0.4, -0.2) is 76.0 Å². The molecule has 1 saturated heterocycles. The van der Waals surface area contributed by atoms with Gasteiger partial charge >= 0.3 is 5.97 Å². The average molecular weight is 463 g/mol. The summed E-state index contributed by atoms with van der Waals surface area (Å²) in [6, 6.07) is 12.8. The summed E-state index contributed by atoms with van der Waals surface area (Å²) in [5, 5.41) is 0. The first-order valence-electron chi connectivity index (χ1n) is 10.2. The predicted molar refractivity (Wildman–Crippen MR) is 116 cm³/mol. The molecule has 1 aliphatic rings. The minimum Gasteiger partial charge on any atom is -0.493 e. The molecule has 9 nitrogen and oxygen atoms in total. The Morgan fingerprint density at radius 3 is 2.28 bits per heavy atom. The van der Waals surface area contributed by atoms with Gasteiger partial charge in [-0.15, -0.1) is 0 Å². The summed E-state index contributed by atoms with van der Waals surface area (Å²) in [5.74, 6) is -0.143. The van der Waals surface area contributed by atoms with Crippen LogP contribution in [0.4, 0.5) is 0 Å². The Morgan fingerprint density at radius 1 is 0.969 bits per heavy atom. The summed E-state index contributed by atoms with van der Waals surface area (Å²) in [4.78, 5) is 26.5. The molecule has 1 amide bonds. The Kier molecular flexibility index (Phi) is 7.70. The highest BCUT2D eigenvalue weighted by atomic mass is 32.2. The van der Waals surface area contributed by atoms with Gasteiger partial charge in [-0.25, -0.2) is 13.2 Å². The van der Waals surface area contributed by atoms with Gasteiger partial charge in [-0.3, -0.25) is 4.79 Å². The van der Waals surface area contributed by atoms with Gasteiger partial charge in [-0.2, -0.15) is 4.31 Å². The minimum atomic E-state index is -3.60. The third-order valence-corrected chi connectivity index (χ3v) is 6.91. The van der Waals surface area contributed by atoms with E-state index < -0.39 is 22.6 Å². The van der Waals surface area contributed by atoms with Crippen LogP contribution in [0.25, 0.3) is 0 Å². The number of rotatable bonds is 8. The molecule has 0 aliphatic carbocycles. The fourth-order valence-corrected chi connectivity index (χ4v) is 4.74. The van der Waals surface area contributed by atoms with Gasteiger partial charge in [-0.1, -0.05) is 18.2 Å². The first-order valence-corrected chi connectivity index (χ1v) is 11.6. The molecule has 172 valence electrons. The summed E-state index contributed by atoms with van der Waals surface area (Å²) < 4.78 is 42.5. The van der Waals surface area contributed by atoms with Crippen molar-refractivity contribution in [1.29, 1.82) is 0 Å². The van der Waals surface area contributed by atoms with E-state index in [1.54, 1.807) is 36.4 Å². The Hall–Kier alpha value is -3.11. The second kappa shape index (κ2) is 10.5. The van der Waals surface area contributed by atoms with Crippen LogP contribution in [0.15, 0.2) is 53.4 Å². The molecule has 32 heavy (non-hydrogen) atoms. The molecule has 0 radical (unpaired) electrons. The van der Waals surface area contributed by atoms with Crippen LogP contribution in [0.5, 0.6) is 11.5 Å².